The quantitative estimate of drug-likeness (QED) is 0.813. The van der Waals surface area contributed by atoms with E-state index in [0.29, 0.717) is 12.1 Å². The van der Waals surface area contributed by atoms with Crippen LogP contribution in [-0.4, -0.2) is 25.3 Å². The highest BCUT2D eigenvalue weighted by atomic mass is 35.5. The first-order valence-corrected chi connectivity index (χ1v) is 8.25. The Morgan fingerprint density at radius 2 is 2.10 bits per heavy atom. The van der Waals surface area contributed by atoms with Crippen molar-refractivity contribution in [2.75, 3.05) is 13.2 Å². The van der Waals surface area contributed by atoms with Crippen molar-refractivity contribution in [3.05, 3.63) is 34.9 Å². The number of halogens is 1. The molecule has 1 heterocycles. The summed E-state index contributed by atoms with van der Waals surface area (Å²) in [7, 11) is 0. The van der Waals surface area contributed by atoms with Crippen LogP contribution in [0.1, 0.15) is 44.6 Å². The largest absolute Gasteiger partial charge is 0.378 e. The number of ether oxygens (including phenoxy) is 1. The topological polar surface area (TPSA) is 21.3 Å². The monoisotopic (exact) mass is 295 g/mol. The maximum Gasteiger partial charge on any atom is 0.0575 e. The van der Waals surface area contributed by atoms with E-state index in [4.69, 9.17) is 16.3 Å². The molecule has 0 radical (unpaired) electrons. The van der Waals surface area contributed by atoms with Gasteiger partial charge < -0.3 is 10.1 Å². The summed E-state index contributed by atoms with van der Waals surface area (Å²) in [5.41, 5.74) is 1.35. The van der Waals surface area contributed by atoms with Crippen LogP contribution in [0.5, 0.6) is 0 Å². The molecule has 0 saturated carbocycles. The van der Waals surface area contributed by atoms with E-state index in [1.807, 2.05) is 12.1 Å². The summed E-state index contributed by atoms with van der Waals surface area (Å²) >= 11 is 5.94. The number of nitrogens with one attached hydrogen (secondary N) is 1. The molecule has 1 saturated heterocycles. The summed E-state index contributed by atoms with van der Waals surface area (Å²) in [6.07, 6.45) is 7.70. The molecule has 1 aliphatic rings. The number of hydrogen-bond donors (Lipinski definition) is 1. The van der Waals surface area contributed by atoms with Crippen LogP contribution in [0.15, 0.2) is 24.3 Å². The fourth-order valence-electron chi connectivity index (χ4n) is 2.89. The van der Waals surface area contributed by atoms with E-state index in [1.165, 1.54) is 37.7 Å². The molecule has 0 amide bonds. The number of hydrogen-bond acceptors (Lipinski definition) is 2. The molecule has 0 bridgehead atoms. The molecule has 0 aliphatic carbocycles. The van der Waals surface area contributed by atoms with E-state index in [9.17, 15) is 0 Å². The van der Waals surface area contributed by atoms with Crippen molar-refractivity contribution >= 4 is 11.6 Å². The SMILES string of the molecule is CCNC(CCC1CCCCO1)Cc1ccc(Cl)cc1. The van der Waals surface area contributed by atoms with E-state index < -0.39 is 0 Å². The first-order chi connectivity index (χ1) is 9.78. The van der Waals surface area contributed by atoms with Crippen LogP contribution in [0.25, 0.3) is 0 Å². The van der Waals surface area contributed by atoms with Crippen molar-refractivity contribution in [3.63, 3.8) is 0 Å². The minimum Gasteiger partial charge on any atom is -0.378 e. The molecule has 2 nitrogen and oxygen atoms in total. The summed E-state index contributed by atoms with van der Waals surface area (Å²) in [5.74, 6) is 0. The smallest absolute Gasteiger partial charge is 0.0575 e. The Labute approximate surface area is 127 Å². The van der Waals surface area contributed by atoms with Crippen LogP contribution >= 0.6 is 11.6 Å². The van der Waals surface area contributed by atoms with Gasteiger partial charge in [0, 0.05) is 17.7 Å². The molecule has 1 fully saturated rings. The molecule has 1 aromatic carbocycles. The van der Waals surface area contributed by atoms with Crippen LogP contribution in [0.2, 0.25) is 5.02 Å². The minimum atomic E-state index is 0.482. The maximum atomic E-state index is 5.94. The van der Waals surface area contributed by atoms with Crippen LogP contribution in [0, 0.1) is 0 Å². The second-order valence-electron chi connectivity index (χ2n) is 5.65. The van der Waals surface area contributed by atoms with Crippen molar-refractivity contribution in [2.24, 2.45) is 0 Å². The molecule has 20 heavy (non-hydrogen) atoms. The standard InChI is InChI=1S/C17H26ClNO/c1-2-19-16(10-11-17-5-3-4-12-20-17)13-14-6-8-15(18)9-7-14/h6-9,16-17,19H,2-5,10-13H2,1H3. The van der Waals surface area contributed by atoms with Gasteiger partial charge in [0.15, 0.2) is 0 Å². The summed E-state index contributed by atoms with van der Waals surface area (Å²) in [6.45, 7) is 4.14. The summed E-state index contributed by atoms with van der Waals surface area (Å²) in [6, 6.07) is 8.74. The zero-order valence-corrected chi connectivity index (χ0v) is 13.2. The van der Waals surface area contributed by atoms with Crippen LogP contribution in [0.4, 0.5) is 0 Å². The van der Waals surface area contributed by atoms with Crippen LogP contribution in [-0.2, 0) is 11.2 Å². The van der Waals surface area contributed by atoms with E-state index in [0.717, 1.165) is 24.6 Å². The van der Waals surface area contributed by atoms with Gasteiger partial charge in [-0.15, -0.1) is 0 Å². The average molecular weight is 296 g/mol. The molecule has 2 unspecified atom stereocenters. The molecule has 112 valence electrons. The number of benzene rings is 1. The van der Waals surface area contributed by atoms with Gasteiger partial charge in [0.25, 0.3) is 0 Å². The number of rotatable bonds is 7. The Morgan fingerprint density at radius 1 is 1.30 bits per heavy atom. The molecule has 0 aromatic heterocycles. The Morgan fingerprint density at radius 3 is 2.75 bits per heavy atom. The lowest BCUT2D eigenvalue weighted by Gasteiger charge is -2.25. The molecule has 1 aliphatic heterocycles. The first-order valence-electron chi connectivity index (χ1n) is 7.87. The van der Waals surface area contributed by atoms with Gasteiger partial charge in [-0.3, -0.25) is 0 Å². The van der Waals surface area contributed by atoms with Crippen molar-refractivity contribution < 1.29 is 4.74 Å². The first kappa shape index (κ1) is 15.8. The summed E-state index contributed by atoms with van der Waals surface area (Å²) in [5, 5.41) is 4.41. The van der Waals surface area contributed by atoms with Gasteiger partial charge in [0.05, 0.1) is 6.10 Å². The average Bonchev–Trinajstić information content (AvgIpc) is 2.48. The second-order valence-corrected chi connectivity index (χ2v) is 6.09. The van der Waals surface area contributed by atoms with Gasteiger partial charge in [0.1, 0.15) is 0 Å². The minimum absolute atomic E-state index is 0.482. The fourth-order valence-corrected chi connectivity index (χ4v) is 3.02. The Bertz CT molecular complexity index is 373. The fraction of sp³-hybridized carbons (Fsp3) is 0.647. The molecule has 3 heteroatoms. The van der Waals surface area contributed by atoms with E-state index in [2.05, 4.69) is 24.4 Å². The highest BCUT2D eigenvalue weighted by molar-refractivity contribution is 6.30. The van der Waals surface area contributed by atoms with E-state index >= 15 is 0 Å². The zero-order chi connectivity index (χ0) is 14.2. The highest BCUT2D eigenvalue weighted by Gasteiger charge is 2.16. The predicted molar refractivity (Wildman–Crippen MR) is 85.4 cm³/mol. The summed E-state index contributed by atoms with van der Waals surface area (Å²) < 4.78 is 5.83. The molecule has 0 spiro atoms. The molecule has 1 N–H and O–H groups in total. The van der Waals surface area contributed by atoms with E-state index in [-0.39, 0.29) is 0 Å². The Kier molecular flexibility index (Phi) is 6.85. The van der Waals surface area contributed by atoms with Gasteiger partial charge >= 0.3 is 0 Å². The van der Waals surface area contributed by atoms with Crippen LogP contribution in [0.3, 0.4) is 0 Å². The third-order valence-electron chi connectivity index (χ3n) is 4.00. The lowest BCUT2D eigenvalue weighted by atomic mass is 9.97. The molecule has 2 rings (SSSR count). The van der Waals surface area contributed by atoms with Crippen molar-refractivity contribution in [2.45, 2.75) is 57.6 Å². The van der Waals surface area contributed by atoms with Crippen LogP contribution < -0.4 is 5.32 Å². The Balaban J connectivity index is 1.81. The third-order valence-corrected chi connectivity index (χ3v) is 4.25. The molecule has 1 aromatic rings. The third kappa shape index (κ3) is 5.43. The lowest BCUT2D eigenvalue weighted by molar-refractivity contribution is 0.00861. The predicted octanol–water partition coefficient (Wildman–Crippen LogP) is 4.21. The second kappa shape index (κ2) is 8.66. The van der Waals surface area contributed by atoms with Gasteiger partial charge in [-0.05, 0) is 62.8 Å². The van der Waals surface area contributed by atoms with Gasteiger partial charge in [-0.25, -0.2) is 0 Å². The molecular weight excluding hydrogens is 270 g/mol. The van der Waals surface area contributed by atoms with E-state index in [1.54, 1.807) is 0 Å². The van der Waals surface area contributed by atoms with Crippen molar-refractivity contribution in [1.29, 1.82) is 0 Å². The highest BCUT2D eigenvalue weighted by Crippen LogP contribution is 2.19. The number of likely N-dealkylation sites (N-methyl/N-ethyl adjacent to an activating group) is 1. The summed E-state index contributed by atoms with van der Waals surface area (Å²) in [4.78, 5) is 0. The van der Waals surface area contributed by atoms with Gasteiger partial charge in [0.2, 0.25) is 0 Å². The van der Waals surface area contributed by atoms with Crippen molar-refractivity contribution in [3.8, 4) is 0 Å². The van der Waals surface area contributed by atoms with Gasteiger partial charge in [-0.1, -0.05) is 30.7 Å². The van der Waals surface area contributed by atoms with Gasteiger partial charge in [-0.2, -0.15) is 0 Å². The normalized spacial score (nSPS) is 20.8. The molecular formula is C17H26ClNO. The zero-order valence-electron chi connectivity index (χ0n) is 12.4. The van der Waals surface area contributed by atoms with Crippen molar-refractivity contribution in [1.82, 2.24) is 5.32 Å². The molecule has 2 atom stereocenters. The lowest BCUT2D eigenvalue weighted by Crippen LogP contribution is -2.32. The Hall–Kier alpha value is -0.570. The maximum absolute atomic E-state index is 5.94.